The standard InChI is InChI=1S/C24H29FN2O2/c1-24-14-27-15-26-22(16-5-7-19(25)8-6-16)21(27)13-18(24)3-2-4-20(24)23(28)17-9-11-29-12-10-17/h5-8,13,15,17,20,23,28H,2-4,9-12,14H2,1H3/t20?,23?,24-/m0/s1. The van der Waals surface area contributed by atoms with Crippen LogP contribution in [0.3, 0.4) is 0 Å². The summed E-state index contributed by atoms with van der Waals surface area (Å²) >= 11 is 0. The van der Waals surface area contributed by atoms with Crippen molar-refractivity contribution < 1.29 is 14.2 Å². The smallest absolute Gasteiger partial charge is 0.123 e. The first-order valence-electron chi connectivity index (χ1n) is 10.8. The van der Waals surface area contributed by atoms with Gasteiger partial charge in [-0.2, -0.15) is 0 Å². The Kier molecular flexibility index (Phi) is 4.83. The highest BCUT2D eigenvalue weighted by atomic mass is 19.1. The van der Waals surface area contributed by atoms with Gasteiger partial charge in [0.25, 0.3) is 0 Å². The number of ether oxygens (including phenoxy) is 1. The molecule has 3 aliphatic rings. The second-order valence-corrected chi connectivity index (χ2v) is 9.14. The summed E-state index contributed by atoms with van der Waals surface area (Å²) < 4.78 is 21.1. The van der Waals surface area contributed by atoms with Gasteiger partial charge in [0.05, 0.1) is 23.8 Å². The number of hydrogen-bond donors (Lipinski definition) is 1. The Morgan fingerprint density at radius 2 is 1.97 bits per heavy atom. The number of aliphatic hydroxyl groups is 1. The molecule has 1 aliphatic carbocycles. The van der Waals surface area contributed by atoms with Crippen LogP contribution in [0.15, 0.2) is 36.2 Å². The average molecular weight is 397 g/mol. The number of imidazole rings is 1. The molecule has 0 spiro atoms. The van der Waals surface area contributed by atoms with Crippen LogP contribution in [0.2, 0.25) is 0 Å². The van der Waals surface area contributed by atoms with E-state index in [0.29, 0.717) is 5.92 Å². The van der Waals surface area contributed by atoms with E-state index in [1.807, 2.05) is 6.33 Å². The van der Waals surface area contributed by atoms with Crippen LogP contribution < -0.4 is 0 Å². The van der Waals surface area contributed by atoms with Gasteiger partial charge in [0.1, 0.15) is 5.82 Å². The van der Waals surface area contributed by atoms with E-state index in [4.69, 9.17) is 4.74 Å². The average Bonchev–Trinajstić information content (AvgIpc) is 3.14. The maximum atomic E-state index is 13.3. The van der Waals surface area contributed by atoms with Crippen LogP contribution in [0.4, 0.5) is 4.39 Å². The molecule has 154 valence electrons. The van der Waals surface area contributed by atoms with Crippen LogP contribution >= 0.6 is 0 Å². The summed E-state index contributed by atoms with van der Waals surface area (Å²) in [5, 5.41) is 11.3. The van der Waals surface area contributed by atoms with E-state index in [1.54, 1.807) is 12.1 Å². The van der Waals surface area contributed by atoms with Gasteiger partial charge in [0.2, 0.25) is 0 Å². The highest BCUT2D eigenvalue weighted by Gasteiger charge is 2.47. The molecule has 1 N–H and O–H groups in total. The van der Waals surface area contributed by atoms with Crippen LogP contribution in [0.1, 0.15) is 44.7 Å². The lowest BCUT2D eigenvalue weighted by atomic mass is 9.59. The van der Waals surface area contributed by atoms with Gasteiger partial charge in [-0.25, -0.2) is 9.37 Å². The molecule has 0 amide bonds. The van der Waals surface area contributed by atoms with Crippen molar-refractivity contribution in [2.24, 2.45) is 17.3 Å². The predicted octanol–water partition coefficient (Wildman–Crippen LogP) is 4.68. The minimum absolute atomic E-state index is 0.0518. The largest absolute Gasteiger partial charge is 0.393 e. The summed E-state index contributed by atoms with van der Waals surface area (Å²) in [4.78, 5) is 4.66. The number of fused-ring (bicyclic) bond motifs is 2. The normalized spacial score (nSPS) is 28.4. The zero-order valence-electron chi connectivity index (χ0n) is 17.0. The molecule has 0 radical (unpaired) electrons. The molecule has 2 aromatic rings. The Bertz CT molecular complexity index is 913. The molecule has 3 heterocycles. The van der Waals surface area contributed by atoms with E-state index in [0.717, 1.165) is 68.8 Å². The molecule has 2 fully saturated rings. The van der Waals surface area contributed by atoms with Crippen molar-refractivity contribution >= 4 is 6.08 Å². The van der Waals surface area contributed by atoms with E-state index in [-0.39, 0.29) is 23.3 Å². The van der Waals surface area contributed by atoms with Gasteiger partial charge in [-0.05, 0) is 74.3 Å². The molecule has 0 bridgehead atoms. The lowest BCUT2D eigenvalue weighted by molar-refractivity contribution is -0.0563. The Labute approximate surface area is 171 Å². The molecule has 1 aromatic carbocycles. The fourth-order valence-electron chi connectivity index (χ4n) is 5.76. The maximum Gasteiger partial charge on any atom is 0.123 e. The number of allylic oxidation sites excluding steroid dienone is 1. The molecule has 5 heteroatoms. The molecule has 3 atom stereocenters. The van der Waals surface area contributed by atoms with Crippen molar-refractivity contribution in [3.05, 3.63) is 47.7 Å². The van der Waals surface area contributed by atoms with E-state index in [9.17, 15) is 9.50 Å². The van der Waals surface area contributed by atoms with Crippen LogP contribution in [-0.2, 0) is 11.3 Å². The molecule has 4 nitrogen and oxygen atoms in total. The number of halogens is 1. The van der Waals surface area contributed by atoms with Gasteiger partial charge in [-0.3, -0.25) is 0 Å². The maximum absolute atomic E-state index is 13.3. The van der Waals surface area contributed by atoms with Crippen LogP contribution in [0, 0.1) is 23.1 Å². The van der Waals surface area contributed by atoms with Crippen molar-refractivity contribution in [1.82, 2.24) is 9.55 Å². The summed E-state index contributed by atoms with van der Waals surface area (Å²) in [5.74, 6) is 0.365. The van der Waals surface area contributed by atoms with Gasteiger partial charge < -0.3 is 14.4 Å². The van der Waals surface area contributed by atoms with Gasteiger partial charge >= 0.3 is 0 Å². The van der Waals surface area contributed by atoms with Crippen LogP contribution in [-0.4, -0.2) is 34.0 Å². The Morgan fingerprint density at radius 1 is 1.21 bits per heavy atom. The third-order valence-electron chi connectivity index (χ3n) is 7.48. The Morgan fingerprint density at radius 3 is 2.72 bits per heavy atom. The number of benzene rings is 1. The molecule has 1 aromatic heterocycles. The third-order valence-corrected chi connectivity index (χ3v) is 7.48. The molecule has 1 saturated carbocycles. The number of hydrogen-bond acceptors (Lipinski definition) is 3. The van der Waals surface area contributed by atoms with E-state index >= 15 is 0 Å². The predicted molar refractivity (Wildman–Crippen MR) is 111 cm³/mol. The minimum Gasteiger partial charge on any atom is -0.393 e. The van der Waals surface area contributed by atoms with Crippen molar-refractivity contribution in [3.63, 3.8) is 0 Å². The number of aromatic nitrogens is 2. The summed E-state index contributed by atoms with van der Waals surface area (Å²) in [5.41, 5.74) is 4.33. The Hall–Kier alpha value is -1.98. The molecule has 5 rings (SSSR count). The summed E-state index contributed by atoms with van der Waals surface area (Å²) in [6, 6.07) is 6.57. The second-order valence-electron chi connectivity index (χ2n) is 9.14. The first kappa shape index (κ1) is 19.0. The van der Waals surface area contributed by atoms with E-state index < -0.39 is 0 Å². The van der Waals surface area contributed by atoms with Crippen molar-refractivity contribution in [2.45, 2.75) is 51.7 Å². The molecule has 1 saturated heterocycles. The minimum atomic E-state index is -0.283. The fraction of sp³-hybridized carbons (Fsp3) is 0.542. The second kappa shape index (κ2) is 7.37. The van der Waals surface area contributed by atoms with E-state index in [1.165, 1.54) is 17.7 Å². The lowest BCUT2D eigenvalue weighted by Gasteiger charge is -2.49. The van der Waals surface area contributed by atoms with Crippen molar-refractivity contribution in [3.8, 4) is 11.3 Å². The molecule has 2 unspecified atom stereocenters. The van der Waals surface area contributed by atoms with Crippen LogP contribution in [0.5, 0.6) is 0 Å². The van der Waals surface area contributed by atoms with Crippen molar-refractivity contribution in [1.29, 1.82) is 0 Å². The van der Waals surface area contributed by atoms with Gasteiger partial charge in [-0.15, -0.1) is 0 Å². The quantitative estimate of drug-likeness (QED) is 0.819. The first-order valence-corrected chi connectivity index (χ1v) is 10.8. The van der Waals surface area contributed by atoms with Crippen molar-refractivity contribution in [2.75, 3.05) is 13.2 Å². The number of nitrogens with zero attached hydrogens (tertiary/aromatic N) is 2. The highest BCUT2D eigenvalue weighted by Crippen LogP contribution is 2.52. The Balaban J connectivity index is 1.48. The van der Waals surface area contributed by atoms with Gasteiger partial charge in [0, 0.05) is 30.7 Å². The molecular formula is C24H29FN2O2. The van der Waals surface area contributed by atoms with E-state index in [2.05, 4.69) is 22.6 Å². The lowest BCUT2D eigenvalue weighted by Crippen LogP contribution is -2.47. The summed E-state index contributed by atoms with van der Waals surface area (Å²) in [6.07, 6.45) is 9.08. The monoisotopic (exact) mass is 396 g/mol. The molecule has 29 heavy (non-hydrogen) atoms. The topological polar surface area (TPSA) is 47.3 Å². The number of rotatable bonds is 3. The highest BCUT2D eigenvalue weighted by molar-refractivity contribution is 5.72. The zero-order valence-corrected chi connectivity index (χ0v) is 17.0. The molecule has 2 aliphatic heterocycles. The fourth-order valence-corrected chi connectivity index (χ4v) is 5.76. The molecular weight excluding hydrogens is 367 g/mol. The van der Waals surface area contributed by atoms with Gasteiger partial charge in [0.15, 0.2) is 0 Å². The summed E-state index contributed by atoms with van der Waals surface area (Å²) in [7, 11) is 0. The first-order chi connectivity index (χ1) is 14.1. The zero-order chi connectivity index (χ0) is 20.0. The summed E-state index contributed by atoms with van der Waals surface area (Å²) in [6.45, 7) is 4.69. The van der Waals surface area contributed by atoms with Crippen LogP contribution in [0.25, 0.3) is 17.3 Å². The number of aliphatic hydroxyl groups excluding tert-OH is 1. The van der Waals surface area contributed by atoms with Gasteiger partial charge in [-0.1, -0.05) is 12.5 Å². The third kappa shape index (κ3) is 3.24. The SMILES string of the molecule is C[C@]12Cn3cnc(-c4ccc(F)cc4)c3C=C1CCCC2C(O)C1CCOCC1.